The molecule has 41 heavy (non-hydrogen) atoms. The lowest BCUT2D eigenvalue weighted by molar-refractivity contribution is -0.137. The number of nitrogens with zero attached hydrogens (tertiary/aromatic N) is 2. The molecular weight excluding hydrogens is 527 g/mol. The fourth-order valence-corrected chi connectivity index (χ4v) is 6.82. The zero-order valence-electron chi connectivity index (χ0n) is 24.8. The lowest BCUT2D eigenvalue weighted by Gasteiger charge is -2.40. The summed E-state index contributed by atoms with van der Waals surface area (Å²) in [6.45, 7) is 9.50. The number of rotatable bonds is 7. The molecule has 5 nitrogen and oxygen atoms in total. The fraction of sp³-hybridized carbons (Fsp3) is 0.606. The van der Waals surface area contributed by atoms with Gasteiger partial charge in [0.25, 0.3) is 0 Å². The van der Waals surface area contributed by atoms with Gasteiger partial charge in [0.15, 0.2) is 0 Å². The minimum atomic E-state index is -4.36. The Morgan fingerprint density at radius 2 is 1.63 bits per heavy atom. The maximum absolute atomic E-state index is 14.2. The number of hydrogen-bond acceptors (Lipinski definition) is 4. The Balaban J connectivity index is 1.34. The van der Waals surface area contributed by atoms with Crippen LogP contribution in [0.5, 0.6) is 5.75 Å². The Bertz CT molecular complexity index is 1210. The van der Waals surface area contributed by atoms with Gasteiger partial charge >= 0.3 is 6.18 Å². The maximum atomic E-state index is 14.2. The molecule has 5 rings (SSSR count). The van der Waals surface area contributed by atoms with E-state index in [1.54, 1.807) is 13.2 Å². The van der Waals surface area contributed by atoms with E-state index in [4.69, 9.17) is 4.74 Å². The summed E-state index contributed by atoms with van der Waals surface area (Å²) >= 11 is 0. The van der Waals surface area contributed by atoms with E-state index in [9.17, 15) is 18.0 Å². The number of benzene rings is 2. The zero-order valence-corrected chi connectivity index (χ0v) is 24.8. The molecule has 1 amide bonds. The Labute approximate surface area is 242 Å². The summed E-state index contributed by atoms with van der Waals surface area (Å²) in [4.78, 5) is 18.4. The first-order chi connectivity index (χ1) is 19.4. The number of anilines is 1. The van der Waals surface area contributed by atoms with Crippen LogP contribution >= 0.6 is 0 Å². The molecule has 2 saturated carbocycles. The Hall–Kier alpha value is -2.74. The molecule has 1 N–H and O–H groups in total. The third-order valence-corrected chi connectivity index (χ3v) is 9.28. The number of piperazine rings is 1. The highest BCUT2D eigenvalue weighted by Crippen LogP contribution is 2.56. The molecule has 1 aliphatic heterocycles. The van der Waals surface area contributed by atoms with E-state index >= 15 is 0 Å². The summed E-state index contributed by atoms with van der Waals surface area (Å²) in [5.74, 6) is 1.28. The second-order valence-corrected chi connectivity index (χ2v) is 13.1. The number of ether oxygens (including phenoxy) is 1. The van der Waals surface area contributed by atoms with Crippen molar-refractivity contribution in [2.24, 2.45) is 5.92 Å². The molecule has 0 aromatic heterocycles. The highest BCUT2D eigenvalue weighted by atomic mass is 19.4. The van der Waals surface area contributed by atoms with Crippen molar-refractivity contribution in [2.45, 2.75) is 82.3 Å². The van der Waals surface area contributed by atoms with Gasteiger partial charge in [-0.3, -0.25) is 4.79 Å². The van der Waals surface area contributed by atoms with Crippen LogP contribution in [0.2, 0.25) is 0 Å². The van der Waals surface area contributed by atoms with E-state index in [2.05, 4.69) is 31.0 Å². The van der Waals surface area contributed by atoms with E-state index in [0.29, 0.717) is 26.2 Å². The van der Waals surface area contributed by atoms with Gasteiger partial charge in [-0.1, -0.05) is 31.4 Å². The standard InChI is InChI=1S/C33H44F3N3O2/c1-31(2,3)37-22-26-21-32(26,24-10-13-27(41-4)14-11-24)30(40)39-18-16-38(17-19-39)29-15-12-25(33(34,35)36)20-28(29)23-8-6-5-7-9-23/h10-15,20,23,26,37H,5-9,16-19,21-22H2,1-4H3. The predicted molar refractivity (Wildman–Crippen MR) is 157 cm³/mol. The van der Waals surface area contributed by atoms with Crippen LogP contribution in [0.3, 0.4) is 0 Å². The Morgan fingerprint density at radius 1 is 0.976 bits per heavy atom. The lowest BCUT2D eigenvalue weighted by atomic mass is 9.82. The summed E-state index contributed by atoms with van der Waals surface area (Å²) < 4.78 is 46.3. The van der Waals surface area contributed by atoms with Crippen LogP contribution in [-0.4, -0.2) is 56.2 Å². The number of alkyl halides is 3. The quantitative estimate of drug-likeness (QED) is 0.399. The summed E-state index contributed by atoms with van der Waals surface area (Å²) in [5, 5.41) is 3.59. The molecule has 1 saturated heterocycles. The van der Waals surface area contributed by atoms with E-state index < -0.39 is 17.2 Å². The second kappa shape index (κ2) is 11.5. The van der Waals surface area contributed by atoms with Crippen LogP contribution < -0.4 is 15.0 Å². The average molecular weight is 572 g/mol. The van der Waals surface area contributed by atoms with Gasteiger partial charge in [0.1, 0.15) is 5.75 Å². The van der Waals surface area contributed by atoms with Crippen molar-refractivity contribution < 1.29 is 22.7 Å². The normalized spacial score (nSPS) is 23.9. The first-order valence-corrected chi connectivity index (χ1v) is 15.1. The van der Waals surface area contributed by atoms with Crippen LogP contribution in [0.4, 0.5) is 18.9 Å². The molecule has 2 aromatic carbocycles. The van der Waals surface area contributed by atoms with E-state index in [1.807, 2.05) is 29.2 Å². The van der Waals surface area contributed by atoms with E-state index in [1.165, 1.54) is 12.1 Å². The Kier molecular flexibility index (Phi) is 8.34. The Morgan fingerprint density at radius 3 is 2.22 bits per heavy atom. The molecule has 3 fully saturated rings. The minimum absolute atomic E-state index is 0.0411. The van der Waals surface area contributed by atoms with Crippen LogP contribution in [0.15, 0.2) is 42.5 Å². The summed E-state index contributed by atoms with van der Waals surface area (Å²) in [7, 11) is 1.64. The van der Waals surface area contributed by atoms with Gasteiger partial charge in [-0.25, -0.2) is 0 Å². The third-order valence-electron chi connectivity index (χ3n) is 9.28. The summed E-state index contributed by atoms with van der Waals surface area (Å²) in [6.07, 6.45) is 1.57. The van der Waals surface area contributed by atoms with Gasteiger partial charge in [-0.05, 0) is 99.9 Å². The van der Waals surface area contributed by atoms with E-state index in [-0.39, 0.29) is 23.3 Å². The molecule has 1 heterocycles. The van der Waals surface area contributed by atoms with Gasteiger partial charge in [-0.2, -0.15) is 13.2 Å². The minimum Gasteiger partial charge on any atom is -0.497 e. The second-order valence-electron chi connectivity index (χ2n) is 13.1. The zero-order chi connectivity index (χ0) is 29.4. The summed E-state index contributed by atoms with van der Waals surface area (Å²) in [6, 6.07) is 12.1. The lowest BCUT2D eigenvalue weighted by Crippen LogP contribution is -2.52. The van der Waals surface area contributed by atoms with Gasteiger partial charge in [-0.15, -0.1) is 0 Å². The SMILES string of the molecule is COc1ccc(C2(C(=O)N3CCN(c4ccc(C(F)(F)F)cc4C4CCCCC4)CC3)CC2CNC(C)(C)C)cc1. The first kappa shape index (κ1) is 29.7. The molecule has 8 heteroatoms. The van der Waals surface area contributed by atoms with Crippen LogP contribution in [0.1, 0.15) is 81.9 Å². The summed E-state index contributed by atoms with van der Waals surface area (Å²) in [5.41, 5.74) is 1.58. The number of methoxy groups -OCH3 is 1. The first-order valence-electron chi connectivity index (χ1n) is 15.1. The molecule has 2 aliphatic carbocycles. The van der Waals surface area contributed by atoms with Gasteiger partial charge < -0.3 is 19.9 Å². The van der Waals surface area contributed by atoms with Gasteiger partial charge in [0.2, 0.25) is 5.91 Å². The number of carbonyl (C=O) groups excluding carboxylic acids is 1. The number of carbonyl (C=O) groups is 1. The number of amides is 1. The molecule has 0 radical (unpaired) electrons. The highest BCUT2D eigenvalue weighted by molar-refractivity contribution is 5.92. The van der Waals surface area contributed by atoms with Crippen molar-refractivity contribution in [1.82, 2.24) is 10.2 Å². The van der Waals surface area contributed by atoms with Crippen LogP contribution in [-0.2, 0) is 16.4 Å². The highest BCUT2D eigenvalue weighted by Gasteiger charge is 2.62. The number of halogens is 3. The molecule has 2 atom stereocenters. The fourth-order valence-electron chi connectivity index (χ4n) is 6.82. The van der Waals surface area contributed by atoms with Gasteiger partial charge in [0.05, 0.1) is 18.1 Å². The maximum Gasteiger partial charge on any atom is 0.416 e. The number of hydrogen-bond donors (Lipinski definition) is 1. The average Bonchev–Trinajstić information content (AvgIpc) is 3.71. The van der Waals surface area contributed by atoms with Gasteiger partial charge in [0, 0.05) is 37.4 Å². The smallest absolute Gasteiger partial charge is 0.416 e. The molecule has 224 valence electrons. The topological polar surface area (TPSA) is 44.8 Å². The van der Waals surface area contributed by atoms with Crippen molar-refractivity contribution in [1.29, 1.82) is 0 Å². The molecule has 2 aromatic rings. The van der Waals surface area contributed by atoms with Crippen LogP contribution in [0.25, 0.3) is 0 Å². The molecule has 0 spiro atoms. The van der Waals surface area contributed by atoms with Crippen LogP contribution in [0, 0.1) is 5.92 Å². The monoisotopic (exact) mass is 571 g/mol. The largest absolute Gasteiger partial charge is 0.497 e. The van der Waals surface area contributed by atoms with Crippen molar-refractivity contribution in [3.05, 3.63) is 59.2 Å². The van der Waals surface area contributed by atoms with Crippen molar-refractivity contribution in [3.8, 4) is 5.75 Å². The molecule has 2 unspecified atom stereocenters. The van der Waals surface area contributed by atoms with Crippen molar-refractivity contribution >= 4 is 11.6 Å². The molecule has 0 bridgehead atoms. The van der Waals surface area contributed by atoms with Crippen molar-refractivity contribution in [3.63, 3.8) is 0 Å². The number of nitrogens with one attached hydrogen (secondary N) is 1. The molecular formula is C33H44F3N3O2. The van der Waals surface area contributed by atoms with Crippen molar-refractivity contribution in [2.75, 3.05) is 44.7 Å². The predicted octanol–water partition coefficient (Wildman–Crippen LogP) is 6.76. The molecule has 3 aliphatic rings. The van der Waals surface area contributed by atoms with E-state index in [0.717, 1.165) is 67.6 Å². The third kappa shape index (κ3) is 6.37.